The number of methoxy groups -OCH3 is 1. The zero-order chi connectivity index (χ0) is 17.3. The van der Waals surface area contributed by atoms with Crippen LogP contribution in [-0.2, 0) is 9.53 Å². The van der Waals surface area contributed by atoms with Gasteiger partial charge in [0, 0.05) is 23.4 Å². The number of urea groups is 1. The first-order valence-corrected chi connectivity index (χ1v) is 7.06. The number of halogens is 1. The van der Waals surface area contributed by atoms with Crippen molar-refractivity contribution in [2.24, 2.45) is 5.92 Å². The van der Waals surface area contributed by atoms with E-state index >= 15 is 0 Å². The molecule has 1 heterocycles. The zero-order valence-electron chi connectivity index (χ0n) is 11.8. The first-order chi connectivity index (χ1) is 10.8. The van der Waals surface area contributed by atoms with Gasteiger partial charge in [-0.25, -0.2) is 4.79 Å². The van der Waals surface area contributed by atoms with Crippen LogP contribution < -0.4 is 10.6 Å². The summed E-state index contributed by atoms with van der Waals surface area (Å²) in [7, 11) is 1.16. The topological polar surface area (TPSA) is 131 Å². The van der Waals surface area contributed by atoms with Crippen molar-refractivity contribution in [1.82, 2.24) is 10.6 Å². The number of ether oxygens (including phenoxy) is 1. The van der Waals surface area contributed by atoms with E-state index in [-0.39, 0.29) is 27.2 Å². The molecule has 0 aliphatic carbocycles. The second kappa shape index (κ2) is 6.24. The molecule has 2 atom stereocenters. The van der Waals surface area contributed by atoms with Gasteiger partial charge in [0.1, 0.15) is 11.7 Å². The van der Waals surface area contributed by atoms with Gasteiger partial charge in [-0.3, -0.25) is 14.9 Å². The van der Waals surface area contributed by atoms with Crippen LogP contribution in [0.1, 0.15) is 11.6 Å². The molecule has 3 N–H and O–H groups in total. The van der Waals surface area contributed by atoms with E-state index in [2.05, 4.69) is 37.9 Å². The Morgan fingerprint density at radius 1 is 1.52 bits per heavy atom. The van der Waals surface area contributed by atoms with E-state index in [4.69, 9.17) is 0 Å². The first-order valence-electron chi connectivity index (χ1n) is 6.27. The molecule has 1 aromatic rings. The van der Waals surface area contributed by atoms with Gasteiger partial charge in [-0.2, -0.15) is 0 Å². The number of nitrogens with zero attached hydrogens (tertiary/aromatic N) is 1. The Morgan fingerprint density at radius 2 is 2.17 bits per heavy atom. The molecule has 1 aliphatic heterocycles. The summed E-state index contributed by atoms with van der Waals surface area (Å²) in [6.45, 7) is 3.60. The second-order valence-electron chi connectivity index (χ2n) is 4.72. The summed E-state index contributed by atoms with van der Waals surface area (Å²) in [6, 6.07) is 0.477. The molecule has 1 aromatic carbocycles. The number of phenols is 1. The predicted molar refractivity (Wildman–Crippen MR) is 81.5 cm³/mol. The standard InChI is InChI=1S/C13H12BrN3O6/c1-5-9(12(19)23-2)10(16-13(20)15-5)7-3-6(17(21)22)4-8(14)11(7)18/h3-4,9-10,18H,1H2,2H3,(H2,15,16,20)/t9-,10+/m1/s1. The number of esters is 1. The molecular formula is C13H12BrN3O6. The molecule has 2 rings (SSSR count). The third kappa shape index (κ3) is 3.11. The maximum absolute atomic E-state index is 12.0. The maximum atomic E-state index is 12.0. The highest BCUT2D eigenvalue weighted by atomic mass is 79.9. The van der Waals surface area contributed by atoms with Gasteiger partial charge in [0.2, 0.25) is 0 Å². The number of phenolic OH excluding ortho intramolecular Hbond substituents is 1. The largest absolute Gasteiger partial charge is 0.506 e. The van der Waals surface area contributed by atoms with E-state index in [9.17, 15) is 24.8 Å². The number of carbonyl (C=O) groups excluding carboxylic acids is 2. The lowest BCUT2D eigenvalue weighted by atomic mass is 9.88. The number of nitro benzene ring substituents is 1. The van der Waals surface area contributed by atoms with Crippen molar-refractivity contribution in [3.8, 4) is 5.75 Å². The smallest absolute Gasteiger partial charge is 0.319 e. The Bertz CT molecular complexity index is 720. The quantitative estimate of drug-likeness (QED) is 0.412. The molecule has 1 fully saturated rings. The van der Waals surface area contributed by atoms with Crippen LogP contribution in [0.15, 0.2) is 28.9 Å². The minimum atomic E-state index is -1.07. The average Bonchev–Trinajstić information content (AvgIpc) is 2.48. The SMILES string of the molecule is C=C1NC(=O)N[C@@H](c2cc([N+](=O)[O-])cc(Br)c2O)[C@@H]1C(=O)OC. The van der Waals surface area contributed by atoms with E-state index < -0.39 is 28.9 Å². The molecule has 0 aromatic heterocycles. The first kappa shape index (κ1) is 16.7. The fraction of sp³-hybridized carbons (Fsp3) is 0.231. The van der Waals surface area contributed by atoms with Crippen molar-refractivity contribution >= 4 is 33.6 Å². The molecule has 0 saturated carbocycles. The van der Waals surface area contributed by atoms with E-state index in [0.717, 1.165) is 19.2 Å². The van der Waals surface area contributed by atoms with Crippen LogP contribution in [0, 0.1) is 16.0 Å². The summed E-state index contributed by atoms with van der Waals surface area (Å²) in [6.07, 6.45) is 0. The summed E-state index contributed by atoms with van der Waals surface area (Å²) >= 11 is 3.01. The Kier molecular flexibility index (Phi) is 4.55. The van der Waals surface area contributed by atoms with E-state index in [1.165, 1.54) is 0 Å². The van der Waals surface area contributed by atoms with Crippen LogP contribution in [0.3, 0.4) is 0 Å². The molecule has 122 valence electrons. The maximum Gasteiger partial charge on any atom is 0.319 e. The van der Waals surface area contributed by atoms with Crippen molar-refractivity contribution in [2.45, 2.75) is 6.04 Å². The normalized spacial score (nSPS) is 20.4. The van der Waals surface area contributed by atoms with Crippen molar-refractivity contribution in [3.05, 3.63) is 44.6 Å². The fourth-order valence-corrected chi connectivity index (χ4v) is 2.76. The number of hydrogen-bond donors (Lipinski definition) is 3. The molecule has 9 nitrogen and oxygen atoms in total. The van der Waals surface area contributed by atoms with E-state index in [1.54, 1.807) is 0 Å². The number of hydrogen-bond acceptors (Lipinski definition) is 6. The lowest BCUT2D eigenvalue weighted by molar-refractivity contribution is -0.385. The highest BCUT2D eigenvalue weighted by Gasteiger charge is 2.40. The number of carbonyl (C=O) groups is 2. The highest BCUT2D eigenvalue weighted by Crippen LogP contribution is 2.40. The van der Waals surface area contributed by atoms with E-state index in [0.29, 0.717) is 0 Å². The van der Waals surface area contributed by atoms with Gasteiger partial charge in [0.05, 0.1) is 22.5 Å². The molecule has 23 heavy (non-hydrogen) atoms. The summed E-state index contributed by atoms with van der Waals surface area (Å²) < 4.78 is 4.74. The van der Waals surface area contributed by atoms with Crippen molar-refractivity contribution < 1.29 is 24.4 Å². The number of benzene rings is 1. The number of amides is 2. The van der Waals surface area contributed by atoms with Gasteiger partial charge in [-0.1, -0.05) is 6.58 Å². The predicted octanol–water partition coefficient (Wildman–Crippen LogP) is 1.72. The third-order valence-corrected chi connectivity index (χ3v) is 3.95. The van der Waals surface area contributed by atoms with Crippen molar-refractivity contribution in [3.63, 3.8) is 0 Å². The Labute approximate surface area is 138 Å². The van der Waals surface area contributed by atoms with E-state index in [1.807, 2.05) is 0 Å². The van der Waals surface area contributed by atoms with Gasteiger partial charge < -0.3 is 20.5 Å². The van der Waals surface area contributed by atoms with Gasteiger partial charge in [-0.05, 0) is 15.9 Å². The number of nitro groups is 1. The molecular weight excluding hydrogens is 374 g/mol. The Morgan fingerprint density at radius 3 is 2.74 bits per heavy atom. The average molecular weight is 386 g/mol. The molecule has 0 bridgehead atoms. The number of aromatic hydroxyl groups is 1. The molecule has 1 aliphatic rings. The van der Waals surface area contributed by atoms with Gasteiger partial charge >= 0.3 is 12.0 Å². The third-order valence-electron chi connectivity index (χ3n) is 3.35. The minimum absolute atomic E-state index is 0.00234. The zero-order valence-corrected chi connectivity index (χ0v) is 13.4. The summed E-state index contributed by atoms with van der Waals surface area (Å²) in [5.41, 5.74) is -0.253. The lowest BCUT2D eigenvalue weighted by Gasteiger charge is -2.33. The number of non-ortho nitro benzene ring substituents is 1. The molecule has 10 heteroatoms. The fourth-order valence-electron chi connectivity index (χ4n) is 2.30. The van der Waals surface area contributed by atoms with Crippen molar-refractivity contribution in [2.75, 3.05) is 7.11 Å². The second-order valence-corrected chi connectivity index (χ2v) is 5.58. The van der Waals surface area contributed by atoms with Crippen LogP contribution in [-0.4, -0.2) is 29.1 Å². The Hall–Kier alpha value is -2.62. The molecule has 0 spiro atoms. The molecule has 0 unspecified atom stereocenters. The monoisotopic (exact) mass is 385 g/mol. The van der Waals surface area contributed by atoms with Gasteiger partial charge in [0.15, 0.2) is 0 Å². The number of rotatable bonds is 3. The van der Waals surface area contributed by atoms with Crippen molar-refractivity contribution in [1.29, 1.82) is 0 Å². The van der Waals surface area contributed by atoms with Crippen LogP contribution in [0.4, 0.5) is 10.5 Å². The molecule has 0 radical (unpaired) electrons. The lowest BCUT2D eigenvalue weighted by Crippen LogP contribution is -2.51. The minimum Gasteiger partial charge on any atom is -0.506 e. The summed E-state index contributed by atoms with van der Waals surface area (Å²) in [5.74, 6) is -2.10. The van der Waals surface area contributed by atoms with Crippen LogP contribution in [0.25, 0.3) is 0 Å². The summed E-state index contributed by atoms with van der Waals surface area (Å²) in [5, 5.41) is 26.0. The Balaban J connectivity index is 2.60. The van der Waals surface area contributed by atoms with Gasteiger partial charge in [0.25, 0.3) is 5.69 Å². The summed E-state index contributed by atoms with van der Waals surface area (Å²) in [4.78, 5) is 34.0. The number of nitrogens with one attached hydrogen (secondary N) is 2. The van der Waals surface area contributed by atoms with Crippen LogP contribution in [0.2, 0.25) is 0 Å². The van der Waals surface area contributed by atoms with Crippen LogP contribution in [0.5, 0.6) is 5.75 Å². The highest BCUT2D eigenvalue weighted by molar-refractivity contribution is 9.10. The molecule has 2 amide bonds. The van der Waals surface area contributed by atoms with Crippen LogP contribution >= 0.6 is 15.9 Å². The van der Waals surface area contributed by atoms with Gasteiger partial charge in [-0.15, -0.1) is 0 Å². The molecule has 1 saturated heterocycles.